The van der Waals surface area contributed by atoms with Crippen LogP contribution < -0.4 is 9.73 Å². The molecule has 0 saturated heterocycles. The number of nitrogens with one attached hydrogen (secondary N) is 1. The molecule has 9 nitrogen and oxygen atoms in total. The van der Waals surface area contributed by atoms with Crippen molar-refractivity contribution < 1.29 is 18.1 Å². The molecule has 1 N–H and O–H groups in total. The number of nitro benzene ring substituents is 1. The molecule has 3 aromatic carbocycles. The average molecular weight is 452 g/mol. The Bertz CT molecular complexity index is 1270. The number of carbonyl (C=O) groups is 1. The number of sulfonamides is 1. The summed E-state index contributed by atoms with van der Waals surface area (Å²) < 4.78 is 26.6. The Balaban J connectivity index is 1.72. The normalized spacial score (nSPS) is 11.6. The van der Waals surface area contributed by atoms with Crippen LogP contribution in [0.15, 0.2) is 88.9 Å². The monoisotopic (exact) mass is 452 g/mol. The van der Waals surface area contributed by atoms with E-state index in [1.807, 2.05) is 0 Å². The van der Waals surface area contributed by atoms with Gasteiger partial charge in [0.25, 0.3) is 21.6 Å². The van der Waals surface area contributed by atoms with Crippen molar-refractivity contribution in [2.75, 3.05) is 11.4 Å². The Hall–Kier alpha value is -4.05. The fraction of sp³-hybridized carbons (Fsp3) is 0.0909. The number of benzene rings is 3. The number of hydrogen-bond donors (Lipinski definition) is 1. The van der Waals surface area contributed by atoms with Crippen LogP contribution in [0.4, 0.5) is 11.4 Å². The van der Waals surface area contributed by atoms with E-state index in [-0.39, 0.29) is 16.1 Å². The highest BCUT2D eigenvalue weighted by atomic mass is 32.2. The van der Waals surface area contributed by atoms with Crippen LogP contribution in [0.5, 0.6) is 0 Å². The minimum atomic E-state index is -3.72. The lowest BCUT2D eigenvalue weighted by molar-refractivity contribution is -0.384. The highest BCUT2D eigenvalue weighted by molar-refractivity contribution is 7.92. The van der Waals surface area contributed by atoms with Gasteiger partial charge in [-0.15, -0.1) is 0 Å². The lowest BCUT2D eigenvalue weighted by atomic mass is 10.1. The first-order chi connectivity index (χ1) is 15.2. The van der Waals surface area contributed by atoms with Crippen LogP contribution in [0.25, 0.3) is 0 Å². The van der Waals surface area contributed by atoms with Crippen LogP contribution in [-0.4, -0.2) is 32.0 Å². The van der Waals surface area contributed by atoms with Gasteiger partial charge in [-0.05, 0) is 43.3 Å². The van der Waals surface area contributed by atoms with Crippen molar-refractivity contribution >= 4 is 33.0 Å². The third kappa shape index (κ3) is 4.98. The molecule has 3 aromatic rings. The second-order valence-corrected chi connectivity index (χ2v) is 8.75. The molecule has 164 valence electrons. The fourth-order valence-electron chi connectivity index (χ4n) is 2.82. The predicted octanol–water partition coefficient (Wildman–Crippen LogP) is 3.57. The van der Waals surface area contributed by atoms with Crippen molar-refractivity contribution in [3.05, 3.63) is 100 Å². The van der Waals surface area contributed by atoms with E-state index in [1.54, 1.807) is 31.2 Å². The topological polar surface area (TPSA) is 122 Å². The van der Waals surface area contributed by atoms with Crippen LogP contribution in [0.1, 0.15) is 22.8 Å². The number of rotatable bonds is 7. The number of hydrazone groups is 1. The summed E-state index contributed by atoms with van der Waals surface area (Å²) in [5.41, 5.74) is 3.88. The number of carbonyl (C=O) groups excluding carboxylic acids is 1. The maximum absolute atomic E-state index is 12.7. The molecular weight excluding hydrogens is 432 g/mol. The van der Waals surface area contributed by atoms with Crippen LogP contribution in [0.3, 0.4) is 0 Å². The Morgan fingerprint density at radius 3 is 2.25 bits per heavy atom. The summed E-state index contributed by atoms with van der Waals surface area (Å²) in [6, 6.07) is 20.0. The van der Waals surface area contributed by atoms with E-state index < -0.39 is 20.9 Å². The smallest absolute Gasteiger partial charge is 0.269 e. The summed E-state index contributed by atoms with van der Waals surface area (Å²) in [7, 11) is -2.29. The molecule has 10 heteroatoms. The van der Waals surface area contributed by atoms with Gasteiger partial charge in [0.2, 0.25) is 0 Å². The highest BCUT2D eigenvalue weighted by Crippen LogP contribution is 2.22. The minimum Gasteiger partial charge on any atom is -0.269 e. The van der Waals surface area contributed by atoms with Gasteiger partial charge in [-0.1, -0.05) is 30.3 Å². The minimum absolute atomic E-state index is 0.0754. The number of amides is 1. The zero-order valence-electron chi connectivity index (χ0n) is 17.3. The Labute approximate surface area is 185 Å². The molecule has 0 aromatic heterocycles. The van der Waals surface area contributed by atoms with Gasteiger partial charge >= 0.3 is 0 Å². The zero-order valence-corrected chi connectivity index (χ0v) is 18.1. The molecule has 0 aliphatic heterocycles. The highest BCUT2D eigenvalue weighted by Gasteiger charge is 2.21. The molecule has 0 saturated carbocycles. The van der Waals surface area contributed by atoms with Crippen LogP contribution in [0, 0.1) is 10.1 Å². The molecule has 0 unspecified atom stereocenters. The summed E-state index contributed by atoms with van der Waals surface area (Å²) in [6.45, 7) is 1.62. The van der Waals surface area contributed by atoms with Crippen molar-refractivity contribution in [1.29, 1.82) is 0 Å². The number of anilines is 1. The van der Waals surface area contributed by atoms with Gasteiger partial charge in [-0.3, -0.25) is 19.2 Å². The SMILES string of the molecule is CC(=NNC(=O)c1ccc(N(C)S(=O)(=O)c2ccccc2)cc1)c1cccc([N+](=O)[O-])c1. The van der Waals surface area contributed by atoms with E-state index in [2.05, 4.69) is 10.5 Å². The fourth-order valence-corrected chi connectivity index (χ4v) is 4.04. The molecule has 0 aliphatic rings. The van der Waals surface area contributed by atoms with Crippen LogP contribution in [-0.2, 0) is 10.0 Å². The van der Waals surface area contributed by atoms with E-state index >= 15 is 0 Å². The van der Waals surface area contributed by atoms with Gasteiger partial charge in [-0.2, -0.15) is 5.10 Å². The maximum atomic E-state index is 12.7. The second kappa shape index (κ2) is 9.40. The van der Waals surface area contributed by atoms with Gasteiger partial charge < -0.3 is 0 Å². The Morgan fingerprint density at radius 1 is 0.969 bits per heavy atom. The molecular formula is C22H20N4O5S. The molecule has 3 rings (SSSR count). The van der Waals surface area contributed by atoms with Gasteiger partial charge in [-0.25, -0.2) is 13.8 Å². The number of hydrogen-bond acceptors (Lipinski definition) is 6. The number of non-ortho nitro benzene ring substituents is 1. The zero-order chi connectivity index (χ0) is 23.3. The molecule has 1 amide bonds. The first kappa shape index (κ1) is 22.6. The molecule has 0 aliphatic carbocycles. The summed E-state index contributed by atoms with van der Waals surface area (Å²) >= 11 is 0. The first-order valence-electron chi connectivity index (χ1n) is 9.43. The average Bonchev–Trinajstić information content (AvgIpc) is 2.82. The van der Waals surface area contributed by atoms with E-state index in [9.17, 15) is 23.3 Å². The molecule has 0 bridgehead atoms. The Morgan fingerprint density at radius 2 is 1.62 bits per heavy atom. The lowest BCUT2D eigenvalue weighted by Crippen LogP contribution is -2.26. The molecule has 0 fully saturated rings. The van der Waals surface area contributed by atoms with E-state index in [4.69, 9.17) is 0 Å². The van der Waals surface area contributed by atoms with E-state index in [1.165, 1.54) is 61.6 Å². The van der Waals surface area contributed by atoms with Crippen molar-refractivity contribution in [3.63, 3.8) is 0 Å². The second-order valence-electron chi connectivity index (χ2n) is 6.78. The Kier molecular flexibility index (Phi) is 6.64. The molecule has 0 heterocycles. The van der Waals surface area contributed by atoms with Gasteiger partial charge in [0.15, 0.2) is 0 Å². The van der Waals surface area contributed by atoms with Crippen molar-refractivity contribution in [3.8, 4) is 0 Å². The van der Waals surface area contributed by atoms with Crippen LogP contribution in [0.2, 0.25) is 0 Å². The van der Waals surface area contributed by atoms with Crippen molar-refractivity contribution in [2.24, 2.45) is 5.10 Å². The van der Waals surface area contributed by atoms with Crippen molar-refractivity contribution in [2.45, 2.75) is 11.8 Å². The quantitative estimate of drug-likeness (QED) is 0.334. The van der Waals surface area contributed by atoms with Gasteiger partial charge in [0.05, 0.1) is 21.2 Å². The third-order valence-electron chi connectivity index (χ3n) is 4.69. The van der Waals surface area contributed by atoms with Crippen molar-refractivity contribution in [1.82, 2.24) is 5.43 Å². The summed E-state index contributed by atoms with van der Waals surface area (Å²) in [5, 5.41) is 14.9. The van der Waals surface area contributed by atoms with E-state index in [0.717, 1.165) is 4.31 Å². The van der Waals surface area contributed by atoms with Gasteiger partial charge in [0, 0.05) is 30.3 Å². The molecule has 0 spiro atoms. The summed E-state index contributed by atoms with van der Waals surface area (Å²) in [5.74, 6) is -0.505. The largest absolute Gasteiger partial charge is 0.271 e. The third-order valence-corrected chi connectivity index (χ3v) is 6.49. The lowest BCUT2D eigenvalue weighted by Gasteiger charge is -2.19. The number of nitro groups is 1. The summed E-state index contributed by atoms with van der Waals surface area (Å²) in [4.78, 5) is 23.0. The molecule has 32 heavy (non-hydrogen) atoms. The number of nitrogens with zero attached hydrogens (tertiary/aromatic N) is 3. The van der Waals surface area contributed by atoms with Crippen LogP contribution >= 0.6 is 0 Å². The molecule has 0 atom stereocenters. The molecule has 0 radical (unpaired) electrons. The van der Waals surface area contributed by atoms with Gasteiger partial charge in [0.1, 0.15) is 0 Å². The maximum Gasteiger partial charge on any atom is 0.271 e. The first-order valence-corrected chi connectivity index (χ1v) is 10.9. The standard InChI is InChI=1S/C22H20N4O5S/c1-16(18-7-6-8-20(15-18)26(28)29)23-24-22(27)17-11-13-19(14-12-17)25(2)32(30,31)21-9-4-3-5-10-21/h3-15H,1-2H3,(H,24,27). The summed E-state index contributed by atoms with van der Waals surface area (Å²) in [6.07, 6.45) is 0. The van der Waals surface area contributed by atoms with E-state index in [0.29, 0.717) is 17.0 Å². The predicted molar refractivity (Wildman–Crippen MR) is 121 cm³/mol.